The first-order valence-corrected chi connectivity index (χ1v) is 6.84. The van der Waals surface area contributed by atoms with Gasteiger partial charge in [-0.25, -0.2) is 23.5 Å². The molecule has 2 aromatic rings. The molecule has 0 atom stereocenters. The van der Waals surface area contributed by atoms with E-state index in [0.29, 0.717) is 0 Å². The second-order valence-electron chi connectivity index (χ2n) is 5.17. The van der Waals surface area contributed by atoms with Crippen LogP contribution >= 0.6 is 0 Å². The second-order valence-corrected chi connectivity index (χ2v) is 5.17. The number of rotatable bonds is 5. The van der Waals surface area contributed by atoms with Gasteiger partial charge in [-0.15, -0.1) is 0 Å². The minimum atomic E-state index is -2.80. The fourth-order valence-corrected chi connectivity index (χ4v) is 2.27. The number of carboxylic acid groups (broad SMARTS) is 1. The number of ether oxygens (including phenoxy) is 1. The predicted octanol–water partition coefficient (Wildman–Crippen LogP) is 2.21. The lowest BCUT2D eigenvalue weighted by atomic mass is 10.1. The number of aromatic carboxylic acids is 1. The molecule has 0 amide bonds. The fourth-order valence-electron chi connectivity index (χ4n) is 2.27. The zero-order valence-corrected chi connectivity index (χ0v) is 11.9. The van der Waals surface area contributed by atoms with E-state index >= 15 is 0 Å². The van der Waals surface area contributed by atoms with Gasteiger partial charge in [-0.1, -0.05) is 30.3 Å². The normalized spacial score (nSPS) is 15.8. The molecule has 1 aromatic carbocycles. The van der Waals surface area contributed by atoms with Crippen LogP contribution in [-0.2, 0) is 6.61 Å². The summed E-state index contributed by atoms with van der Waals surface area (Å²) >= 11 is 0. The van der Waals surface area contributed by atoms with E-state index in [4.69, 9.17) is 4.74 Å². The molecule has 0 bridgehead atoms. The number of carboxylic acids is 1. The number of carbonyl (C=O) groups is 1. The first-order chi connectivity index (χ1) is 11.0. The summed E-state index contributed by atoms with van der Waals surface area (Å²) in [5, 5.41) is 9.23. The molecular weight excluding hydrogens is 308 g/mol. The summed E-state index contributed by atoms with van der Waals surface area (Å²) in [7, 11) is 0. The summed E-state index contributed by atoms with van der Waals surface area (Å²) in [6, 6.07) is 9.08. The van der Waals surface area contributed by atoms with E-state index in [2.05, 4.69) is 9.97 Å². The van der Waals surface area contributed by atoms with Crippen molar-refractivity contribution in [2.75, 3.05) is 18.0 Å². The zero-order valence-electron chi connectivity index (χ0n) is 11.9. The van der Waals surface area contributed by atoms with Crippen molar-refractivity contribution in [1.82, 2.24) is 9.97 Å². The monoisotopic (exact) mass is 321 g/mol. The molecule has 6 nitrogen and oxygen atoms in total. The van der Waals surface area contributed by atoms with Gasteiger partial charge in [0, 0.05) is 0 Å². The number of hydrogen-bond acceptors (Lipinski definition) is 5. The summed E-state index contributed by atoms with van der Waals surface area (Å²) in [4.78, 5) is 20.2. The highest BCUT2D eigenvalue weighted by Gasteiger charge is 2.46. The SMILES string of the molecule is O=C(O)c1ncnc(N2CC(F)(F)C2)c1OCc1ccccc1. The van der Waals surface area contributed by atoms with Crippen molar-refractivity contribution in [2.45, 2.75) is 12.5 Å². The maximum Gasteiger partial charge on any atom is 0.358 e. The molecule has 2 heterocycles. The Morgan fingerprint density at radius 1 is 1.26 bits per heavy atom. The van der Waals surface area contributed by atoms with E-state index in [1.165, 1.54) is 4.90 Å². The quantitative estimate of drug-likeness (QED) is 0.910. The maximum atomic E-state index is 13.1. The van der Waals surface area contributed by atoms with Crippen LogP contribution in [0.4, 0.5) is 14.6 Å². The molecule has 0 aliphatic carbocycles. The van der Waals surface area contributed by atoms with Crippen LogP contribution in [-0.4, -0.2) is 40.1 Å². The standard InChI is InChI=1S/C15H13F2N3O3/c16-15(17)7-20(8-15)13-12(11(14(21)22)18-9-19-13)23-6-10-4-2-1-3-5-10/h1-5,9H,6-8H2,(H,21,22). The first-order valence-electron chi connectivity index (χ1n) is 6.84. The number of halogens is 2. The summed E-state index contributed by atoms with van der Waals surface area (Å²) in [5.41, 5.74) is 0.466. The topological polar surface area (TPSA) is 75.5 Å². The Bertz CT molecular complexity index is 717. The van der Waals surface area contributed by atoms with Crippen LogP contribution in [0.5, 0.6) is 5.75 Å². The number of aromatic nitrogens is 2. The average Bonchev–Trinajstić information content (AvgIpc) is 2.51. The van der Waals surface area contributed by atoms with Crippen molar-refractivity contribution >= 4 is 11.8 Å². The van der Waals surface area contributed by atoms with E-state index < -0.39 is 25.0 Å². The molecule has 0 saturated carbocycles. The van der Waals surface area contributed by atoms with Crippen LogP contribution < -0.4 is 9.64 Å². The highest BCUT2D eigenvalue weighted by molar-refractivity contribution is 5.90. The lowest BCUT2D eigenvalue weighted by molar-refractivity contribution is -0.0269. The molecule has 0 unspecified atom stereocenters. The summed E-state index contributed by atoms with van der Waals surface area (Å²) in [5.74, 6) is -4.13. The van der Waals surface area contributed by atoms with Crippen LogP contribution in [0, 0.1) is 0 Å². The summed E-state index contributed by atoms with van der Waals surface area (Å²) in [6.45, 7) is -0.957. The highest BCUT2D eigenvalue weighted by Crippen LogP contribution is 2.37. The van der Waals surface area contributed by atoms with Crippen molar-refractivity contribution in [1.29, 1.82) is 0 Å². The van der Waals surface area contributed by atoms with Gasteiger partial charge in [0.05, 0.1) is 13.1 Å². The van der Waals surface area contributed by atoms with Crippen LogP contribution in [0.1, 0.15) is 16.1 Å². The molecule has 23 heavy (non-hydrogen) atoms. The zero-order chi connectivity index (χ0) is 16.4. The van der Waals surface area contributed by atoms with E-state index in [1.54, 1.807) is 0 Å². The number of anilines is 1. The Labute approximate surface area is 130 Å². The fraction of sp³-hybridized carbons (Fsp3) is 0.267. The maximum absolute atomic E-state index is 13.1. The van der Waals surface area contributed by atoms with Gasteiger partial charge in [0.15, 0.2) is 17.3 Å². The second kappa shape index (κ2) is 5.79. The minimum absolute atomic E-state index is 0.0688. The molecule has 3 rings (SSSR count). The molecule has 8 heteroatoms. The number of benzene rings is 1. The Balaban J connectivity index is 1.88. The molecule has 1 aromatic heterocycles. The third kappa shape index (κ3) is 3.20. The van der Waals surface area contributed by atoms with Gasteiger partial charge in [0.25, 0.3) is 5.92 Å². The Morgan fingerprint density at radius 3 is 2.57 bits per heavy atom. The van der Waals surface area contributed by atoms with Crippen LogP contribution in [0.15, 0.2) is 36.7 Å². The molecular formula is C15H13F2N3O3. The van der Waals surface area contributed by atoms with Crippen molar-refractivity contribution in [2.24, 2.45) is 0 Å². The third-order valence-electron chi connectivity index (χ3n) is 3.36. The smallest absolute Gasteiger partial charge is 0.358 e. The largest absolute Gasteiger partial charge is 0.483 e. The molecule has 1 aliphatic rings. The number of hydrogen-bond donors (Lipinski definition) is 1. The van der Waals surface area contributed by atoms with Gasteiger partial charge in [-0.3, -0.25) is 0 Å². The Morgan fingerprint density at radius 2 is 1.96 bits per heavy atom. The Kier molecular flexibility index (Phi) is 3.81. The van der Waals surface area contributed by atoms with Crippen molar-refractivity contribution in [3.05, 3.63) is 47.9 Å². The predicted molar refractivity (Wildman–Crippen MR) is 76.9 cm³/mol. The van der Waals surface area contributed by atoms with Gasteiger partial charge < -0.3 is 14.7 Å². The molecule has 0 radical (unpaired) electrons. The number of alkyl halides is 2. The van der Waals surface area contributed by atoms with Gasteiger partial charge >= 0.3 is 5.97 Å². The van der Waals surface area contributed by atoms with Gasteiger partial charge in [0.2, 0.25) is 0 Å². The van der Waals surface area contributed by atoms with E-state index in [-0.39, 0.29) is 23.9 Å². The van der Waals surface area contributed by atoms with Gasteiger partial charge in [-0.2, -0.15) is 0 Å². The average molecular weight is 321 g/mol. The Hall–Kier alpha value is -2.77. The first kappa shape index (κ1) is 15.1. The molecule has 1 aliphatic heterocycles. The lowest BCUT2D eigenvalue weighted by Crippen LogP contribution is -2.56. The lowest BCUT2D eigenvalue weighted by Gasteiger charge is -2.40. The third-order valence-corrected chi connectivity index (χ3v) is 3.36. The molecule has 1 N–H and O–H groups in total. The van der Waals surface area contributed by atoms with E-state index in [1.807, 2.05) is 30.3 Å². The minimum Gasteiger partial charge on any atom is -0.483 e. The van der Waals surface area contributed by atoms with Crippen molar-refractivity contribution in [3.63, 3.8) is 0 Å². The van der Waals surface area contributed by atoms with Crippen molar-refractivity contribution < 1.29 is 23.4 Å². The summed E-state index contributed by atoms with van der Waals surface area (Å²) < 4.78 is 31.7. The molecule has 1 saturated heterocycles. The van der Waals surface area contributed by atoms with Crippen LogP contribution in [0.3, 0.4) is 0 Å². The van der Waals surface area contributed by atoms with Gasteiger partial charge in [-0.05, 0) is 5.56 Å². The van der Waals surface area contributed by atoms with Crippen molar-refractivity contribution in [3.8, 4) is 5.75 Å². The molecule has 120 valence electrons. The molecule has 0 spiro atoms. The van der Waals surface area contributed by atoms with E-state index in [0.717, 1.165) is 11.9 Å². The molecule has 1 fully saturated rings. The van der Waals surface area contributed by atoms with Gasteiger partial charge in [0.1, 0.15) is 12.9 Å². The van der Waals surface area contributed by atoms with Crippen LogP contribution in [0.2, 0.25) is 0 Å². The summed E-state index contributed by atoms with van der Waals surface area (Å²) in [6.07, 6.45) is 1.03. The van der Waals surface area contributed by atoms with E-state index in [9.17, 15) is 18.7 Å². The van der Waals surface area contributed by atoms with Crippen LogP contribution in [0.25, 0.3) is 0 Å². The number of nitrogens with zero attached hydrogens (tertiary/aromatic N) is 3. The highest BCUT2D eigenvalue weighted by atomic mass is 19.3.